The number of amides is 2. The van der Waals surface area contributed by atoms with Gasteiger partial charge in [-0.15, -0.1) is 0 Å². The lowest BCUT2D eigenvalue weighted by Crippen LogP contribution is -2.35. The van der Waals surface area contributed by atoms with Crippen LogP contribution in [0.3, 0.4) is 0 Å². The fraction of sp³-hybridized carbons (Fsp3) is 0.550. The van der Waals surface area contributed by atoms with Crippen LogP contribution in [0.25, 0.3) is 0 Å². The molecule has 1 aromatic rings. The van der Waals surface area contributed by atoms with E-state index in [1.807, 2.05) is 0 Å². The molecular formula is C20H25N3O6. The van der Waals surface area contributed by atoms with Gasteiger partial charge in [-0.2, -0.15) is 0 Å². The fourth-order valence-corrected chi connectivity index (χ4v) is 4.00. The van der Waals surface area contributed by atoms with Gasteiger partial charge in [-0.1, -0.05) is 18.9 Å². The van der Waals surface area contributed by atoms with Gasteiger partial charge in [0.1, 0.15) is 5.69 Å². The molecule has 0 aromatic heterocycles. The summed E-state index contributed by atoms with van der Waals surface area (Å²) in [6.45, 7) is 3.22. The van der Waals surface area contributed by atoms with Crippen LogP contribution in [0.2, 0.25) is 0 Å². The molecular weight excluding hydrogens is 378 g/mol. The van der Waals surface area contributed by atoms with Crippen molar-refractivity contribution in [2.75, 3.05) is 18.5 Å². The number of hydrogen-bond donors (Lipinski definition) is 1. The van der Waals surface area contributed by atoms with Crippen LogP contribution < -0.4 is 5.32 Å². The number of ether oxygens (including phenoxy) is 1. The van der Waals surface area contributed by atoms with Crippen molar-refractivity contribution in [3.8, 4) is 0 Å². The molecule has 0 spiro atoms. The van der Waals surface area contributed by atoms with Crippen LogP contribution in [0.15, 0.2) is 12.1 Å². The Kier molecular flexibility index (Phi) is 6.14. The number of benzene rings is 1. The normalized spacial score (nSPS) is 19.4. The number of aryl methyl sites for hydroxylation is 1. The Morgan fingerprint density at radius 3 is 2.62 bits per heavy atom. The number of nitro benzene ring substituents is 1. The quantitative estimate of drug-likeness (QED) is 0.443. The van der Waals surface area contributed by atoms with Crippen LogP contribution in [0, 0.1) is 29.9 Å². The molecule has 2 amide bonds. The number of nitro groups is 1. The lowest BCUT2D eigenvalue weighted by Gasteiger charge is -2.23. The van der Waals surface area contributed by atoms with Gasteiger partial charge in [0.2, 0.25) is 5.91 Å². The zero-order valence-electron chi connectivity index (χ0n) is 16.6. The largest absolute Gasteiger partial charge is 0.455 e. The molecule has 0 bridgehead atoms. The van der Waals surface area contributed by atoms with Crippen molar-refractivity contribution >= 4 is 29.2 Å². The SMILES string of the molecule is Cc1ccc([N+](=O)[O-])c(NC(=O)COC(=O)[C@H]2CC(=O)N(C3CCCC3)C2)c1C. The number of nitrogens with one attached hydrogen (secondary N) is 1. The van der Waals surface area contributed by atoms with E-state index in [0.717, 1.165) is 31.2 Å². The highest BCUT2D eigenvalue weighted by atomic mass is 16.6. The molecule has 1 aliphatic heterocycles. The minimum Gasteiger partial charge on any atom is -0.455 e. The summed E-state index contributed by atoms with van der Waals surface area (Å²) in [6, 6.07) is 3.13. The van der Waals surface area contributed by atoms with E-state index in [2.05, 4.69) is 5.32 Å². The van der Waals surface area contributed by atoms with E-state index in [4.69, 9.17) is 4.74 Å². The molecule has 0 unspecified atom stereocenters. The summed E-state index contributed by atoms with van der Waals surface area (Å²) in [5.41, 5.74) is 1.24. The molecule has 1 atom stereocenters. The molecule has 3 rings (SSSR count). The average Bonchev–Trinajstić information content (AvgIpc) is 3.32. The third-order valence-corrected chi connectivity index (χ3v) is 5.78. The molecule has 156 valence electrons. The Morgan fingerprint density at radius 1 is 1.28 bits per heavy atom. The standard InChI is InChI=1S/C20H25N3O6/c1-12-7-8-16(23(27)28)19(13(12)2)21-17(24)11-29-20(26)14-9-18(25)22(10-14)15-5-3-4-6-15/h7-8,14-15H,3-6,9-11H2,1-2H3,(H,21,24)/t14-/m0/s1. The van der Waals surface area contributed by atoms with Crippen molar-refractivity contribution in [3.05, 3.63) is 33.4 Å². The van der Waals surface area contributed by atoms with Gasteiger partial charge in [-0.05, 0) is 37.8 Å². The Bertz CT molecular complexity index is 847. The van der Waals surface area contributed by atoms with Crippen LogP contribution in [-0.2, 0) is 19.1 Å². The number of carbonyl (C=O) groups excluding carboxylic acids is 3. The minimum absolute atomic E-state index is 0.0469. The number of rotatable bonds is 6. The van der Waals surface area contributed by atoms with Crippen molar-refractivity contribution in [3.63, 3.8) is 0 Å². The number of likely N-dealkylation sites (tertiary alicyclic amines) is 1. The van der Waals surface area contributed by atoms with E-state index in [9.17, 15) is 24.5 Å². The maximum Gasteiger partial charge on any atom is 0.311 e. The van der Waals surface area contributed by atoms with Gasteiger partial charge in [0.15, 0.2) is 6.61 Å². The predicted octanol–water partition coefficient (Wildman–Crippen LogP) is 2.48. The molecule has 2 fully saturated rings. The minimum atomic E-state index is -0.660. The summed E-state index contributed by atoms with van der Waals surface area (Å²) >= 11 is 0. The second-order valence-corrected chi connectivity index (χ2v) is 7.70. The molecule has 1 heterocycles. The second kappa shape index (κ2) is 8.59. The van der Waals surface area contributed by atoms with Gasteiger partial charge in [0.05, 0.1) is 10.8 Å². The smallest absolute Gasteiger partial charge is 0.311 e. The van der Waals surface area contributed by atoms with Crippen molar-refractivity contribution in [2.24, 2.45) is 5.92 Å². The highest BCUT2D eigenvalue weighted by Gasteiger charge is 2.39. The van der Waals surface area contributed by atoms with Crippen molar-refractivity contribution in [2.45, 2.75) is 52.0 Å². The zero-order chi connectivity index (χ0) is 21.1. The van der Waals surface area contributed by atoms with E-state index in [-0.39, 0.29) is 29.7 Å². The summed E-state index contributed by atoms with van der Waals surface area (Å²) in [5.74, 6) is -1.88. The predicted molar refractivity (Wildman–Crippen MR) is 104 cm³/mol. The Balaban J connectivity index is 1.56. The van der Waals surface area contributed by atoms with Crippen LogP contribution in [0.4, 0.5) is 11.4 Å². The second-order valence-electron chi connectivity index (χ2n) is 7.70. The molecule has 0 radical (unpaired) electrons. The summed E-state index contributed by atoms with van der Waals surface area (Å²) < 4.78 is 5.09. The lowest BCUT2D eigenvalue weighted by molar-refractivity contribution is -0.384. The van der Waals surface area contributed by atoms with Crippen LogP contribution in [-0.4, -0.2) is 46.8 Å². The molecule has 9 heteroatoms. The highest BCUT2D eigenvalue weighted by Crippen LogP contribution is 2.31. The first kappa shape index (κ1) is 20.8. The lowest BCUT2D eigenvalue weighted by atomic mass is 10.1. The number of nitrogens with zero attached hydrogens (tertiary/aromatic N) is 2. The van der Waals surface area contributed by atoms with Crippen molar-refractivity contribution in [1.82, 2.24) is 4.90 Å². The topological polar surface area (TPSA) is 119 Å². The molecule has 1 N–H and O–H groups in total. The van der Waals surface area contributed by atoms with Crippen molar-refractivity contribution < 1.29 is 24.0 Å². The number of esters is 1. The monoisotopic (exact) mass is 403 g/mol. The first-order valence-corrected chi connectivity index (χ1v) is 9.78. The van der Waals surface area contributed by atoms with Crippen LogP contribution >= 0.6 is 0 Å². The molecule has 9 nitrogen and oxygen atoms in total. The number of anilines is 1. The fourth-order valence-electron chi connectivity index (χ4n) is 4.00. The Morgan fingerprint density at radius 2 is 1.97 bits per heavy atom. The van der Waals surface area contributed by atoms with Crippen molar-refractivity contribution in [1.29, 1.82) is 0 Å². The van der Waals surface area contributed by atoms with E-state index >= 15 is 0 Å². The maximum absolute atomic E-state index is 12.3. The van der Waals surface area contributed by atoms with Gasteiger partial charge in [-0.25, -0.2) is 0 Å². The maximum atomic E-state index is 12.3. The molecule has 1 saturated carbocycles. The molecule has 2 aliphatic rings. The van der Waals surface area contributed by atoms with Gasteiger partial charge in [-0.3, -0.25) is 24.5 Å². The third-order valence-electron chi connectivity index (χ3n) is 5.78. The van der Waals surface area contributed by atoms with E-state index in [1.54, 1.807) is 24.8 Å². The van der Waals surface area contributed by atoms with Gasteiger partial charge < -0.3 is 15.0 Å². The Hall–Kier alpha value is -2.97. The van der Waals surface area contributed by atoms with Crippen LogP contribution in [0.1, 0.15) is 43.2 Å². The zero-order valence-corrected chi connectivity index (χ0v) is 16.6. The van der Waals surface area contributed by atoms with E-state index in [0.29, 0.717) is 12.1 Å². The van der Waals surface area contributed by atoms with Crippen LogP contribution in [0.5, 0.6) is 0 Å². The first-order valence-electron chi connectivity index (χ1n) is 9.78. The van der Waals surface area contributed by atoms with Gasteiger partial charge >= 0.3 is 5.97 Å². The van der Waals surface area contributed by atoms with Gasteiger partial charge in [0, 0.05) is 25.1 Å². The molecule has 1 aromatic carbocycles. The summed E-state index contributed by atoms with van der Waals surface area (Å²) in [7, 11) is 0. The summed E-state index contributed by atoms with van der Waals surface area (Å²) in [4.78, 5) is 49.1. The number of hydrogen-bond acceptors (Lipinski definition) is 6. The molecule has 1 saturated heterocycles. The molecule has 1 aliphatic carbocycles. The molecule has 29 heavy (non-hydrogen) atoms. The first-order chi connectivity index (χ1) is 13.8. The van der Waals surface area contributed by atoms with Gasteiger partial charge in [0.25, 0.3) is 11.6 Å². The average molecular weight is 403 g/mol. The highest BCUT2D eigenvalue weighted by molar-refractivity contribution is 5.96. The Labute approximate surface area is 168 Å². The third kappa shape index (κ3) is 4.55. The summed E-state index contributed by atoms with van der Waals surface area (Å²) in [6.07, 6.45) is 4.21. The summed E-state index contributed by atoms with van der Waals surface area (Å²) in [5, 5.41) is 13.7. The van der Waals surface area contributed by atoms with E-state index in [1.165, 1.54) is 6.07 Å². The van der Waals surface area contributed by atoms with E-state index < -0.39 is 29.3 Å². The number of carbonyl (C=O) groups is 3.